The van der Waals surface area contributed by atoms with E-state index >= 15 is 0 Å². The molecule has 0 fully saturated rings. The van der Waals surface area contributed by atoms with E-state index in [-0.39, 0.29) is 0 Å². The van der Waals surface area contributed by atoms with Gasteiger partial charge in [0.25, 0.3) is 0 Å². The first-order chi connectivity index (χ1) is 18.5. The zero-order valence-corrected chi connectivity index (χ0v) is 22.2. The molecule has 0 aliphatic rings. The van der Waals surface area contributed by atoms with Gasteiger partial charge in [-0.15, -0.1) is 0 Å². The smallest absolute Gasteiger partial charge is 0.219 e. The van der Waals surface area contributed by atoms with Gasteiger partial charge in [0.1, 0.15) is 11.6 Å². The van der Waals surface area contributed by atoms with Gasteiger partial charge in [-0.05, 0) is 64.4 Å². The maximum Gasteiger partial charge on any atom is 0.219 e. The molecule has 0 unspecified atom stereocenters. The molecular formula is C34H31N3O. The summed E-state index contributed by atoms with van der Waals surface area (Å²) in [5.41, 5.74) is 7.05. The van der Waals surface area contributed by atoms with E-state index in [2.05, 4.69) is 97.9 Å². The van der Waals surface area contributed by atoms with Crippen LogP contribution in [0.3, 0.4) is 0 Å². The summed E-state index contributed by atoms with van der Waals surface area (Å²) in [6.07, 6.45) is 3.77. The van der Waals surface area contributed by atoms with Crippen molar-refractivity contribution in [3.63, 3.8) is 0 Å². The zero-order chi connectivity index (χ0) is 26.2. The predicted molar refractivity (Wildman–Crippen MR) is 157 cm³/mol. The fourth-order valence-electron chi connectivity index (χ4n) is 5.06. The van der Waals surface area contributed by atoms with Crippen molar-refractivity contribution in [1.29, 1.82) is 0 Å². The molecule has 6 rings (SSSR count). The zero-order valence-electron chi connectivity index (χ0n) is 22.2. The lowest BCUT2D eigenvalue weighted by atomic mass is 9.97. The van der Waals surface area contributed by atoms with Crippen molar-refractivity contribution in [2.24, 2.45) is 0 Å². The number of rotatable bonds is 6. The Morgan fingerprint density at radius 1 is 0.658 bits per heavy atom. The SMILES string of the molecule is CC(C)c1cnc(-n2c3ccccc3c3ccc(-c4cccc(Oc5ccccn5)c4)cc32)c(C(C)C)c1. The number of para-hydroxylation sites is 1. The van der Waals surface area contributed by atoms with Crippen molar-refractivity contribution in [1.82, 2.24) is 14.5 Å². The fraction of sp³-hybridized carbons (Fsp3) is 0.176. The molecule has 0 atom stereocenters. The van der Waals surface area contributed by atoms with Crippen LogP contribution in [0.4, 0.5) is 0 Å². The van der Waals surface area contributed by atoms with Crippen LogP contribution in [-0.2, 0) is 0 Å². The number of ether oxygens (including phenoxy) is 1. The van der Waals surface area contributed by atoms with Crippen LogP contribution in [0.2, 0.25) is 0 Å². The average Bonchev–Trinajstić information content (AvgIpc) is 3.27. The minimum absolute atomic E-state index is 0.344. The molecule has 0 bridgehead atoms. The summed E-state index contributed by atoms with van der Waals surface area (Å²) in [6, 6.07) is 31.5. The van der Waals surface area contributed by atoms with Crippen LogP contribution in [0.1, 0.15) is 50.7 Å². The monoisotopic (exact) mass is 497 g/mol. The Bertz CT molecular complexity index is 1750. The van der Waals surface area contributed by atoms with Gasteiger partial charge in [-0.1, -0.05) is 82.3 Å². The van der Waals surface area contributed by atoms with Gasteiger partial charge in [-0.25, -0.2) is 9.97 Å². The molecule has 0 radical (unpaired) electrons. The van der Waals surface area contributed by atoms with Crippen LogP contribution < -0.4 is 4.74 Å². The molecule has 4 heteroatoms. The normalized spacial score (nSPS) is 11.6. The van der Waals surface area contributed by atoms with Gasteiger partial charge in [0.2, 0.25) is 5.88 Å². The summed E-state index contributed by atoms with van der Waals surface area (Å²) in [4.78, 5) is 9.36. The van der Waals surface area contributed by atoms with E-state index in [0.717, 1.165) is 28.2 Å². The molecule has 0 aliphatic carbocycles. The molecule has 3 heterocycles. The largest absolute Gasteiger partial charge is 0.439 e. The minimum atomic E-state index is 0.344. The summed E-state index contributed by atoms with van der Waals surface area (Å²) in [5, 5.41) is 2.44. The number of fused-ring (bicyclic) bond motifs is 3. The van der Waals surface area contributed by atoms with Crippen molar-refractivity contribution >= 4 is 21.8 Å². The Balaban J connectivity index is 1.53. The highest BCUT2D eigenvalue weighted by molar-refractivity contribution is 6.10. The van der Waals surface area contributed by atoms with Crippen molar-refractivity contribution in [2.45, 2.75) is 39.5 Å². The molecule has 0 saturated heterocycles. The predicted octanol–water partition coefficient (Wildman–Crippen LogP) is 9.28. The fourth-order valence-corrected chi connectivity index (χ4v) is 5.06. The molecular weight excluding hydrogens is 466 g/mol. The number of aromatic nitrogens is 3. The van der Waals surface area contributed by atoms with Crippen molar-refractivity contribution in [3.8, 4) is 28.6 Å². The van der Waals surface area contributed by atoms with Gasteiger partial charge in [-0.2, -0.15) is 0 Å². The molecule has 188 valence electrons. The maximum atomic E-state index is 6.02. The lowest BCUT2D eigenvalue weighted by Crippen LogP contribution is -2.06. The van der Waals surface area contributed by atoms with Crippen LogP contribution >= 0.6 is 0 Å². The molecule has 0 amide bonds. The number of benzene rings is 3. The van der Waals surface area contributed by atoms with E-state index in [0.29, 0.717) is 17.7 Å². The van der Waals surface area contributed by atoms with E-state index < -0.39 is 0 Å². The third-order valence-corrected chi connectivity index (χ3v) is 7.12. The summed E-state index contributed by atoms with van der Waals surface area (Å²) in [6.45, 7) is 8.94. The molecule has 6 aromatic rings. The highest BCUT2D eigenvalue weighted by Crippen LogP contribution is 2.37. The standard InChI is InChI=1S/C34H31N3O/c1-22(2)26-19-30(23(3)4)34(36-21-26)37-31-13-6-5-12-28(31)29-16-15-25(20-32(29)37)24-10-9-11-27(18-24)38-33-14-7-8-17-35-33/h5-23H,1-4H3. The lowest BCUT2D eigenvalue weighted by Gasteiger charge is -2.18. The second-order valence-electron chi connectivity index (χ2n) is 10.4. The average molecular weight is 498 g/mol. The molecule has 0 saturated carbocycles. The van der Waals surface area contributed by atoms with Gasteiger partial charge in [-0.3, -0.25) is 4.57 Å². The summed E-state index contributed by atoms with van der Waals surface area (Å²) < 4.78 is 8.35. The number of hydrogen-bond acceptors (Lipinski definition) is 3. The quantitative estimate of drug-likeness (QED) is 0.230. The highest BCUT2D eigenvalue weighted by Gasteiger charge is 2.19. The highest BCUT2D eigenvalue weighted by atomic mass is 16.5. The van der Waals surface area contributed by atoms with Crippen LogP contribution in [0.25, 0.3) is 38.8 Å². The minimum Gasteiger partial charge on any atom is -0.439 e. The second-order valence-corrected chi connectivity index (χ2v) is 10.4. The molecule has 0 aliphatic heterocycles. The Morgan fingerprint density at radius 3 is 2.24 bits per heavy atom. The molecule has 0 N–H and O–H groups in total. The lowest BCUT2D eigenvalue weighted by molar-refractivity contribution is 0.463. The Labute approximate surface area is 223 Å². The summed E-state index contributed by atoms with van der Waals surface area (Å²) >= 11 is 0. The van der Waals surface area contributed by atoms with Gasteiger partial charge < -0.3 is 4.74 Å². The third kappa shape index (κ3) is 4.32. The van der Waals surface area contributed by atoms with Crippen LogP contribution in [-0.4, -0.2) is 14.5 Å². The van der Waals surface area contributed by atoms with Gasteiger partial charge in [0.05, 0.1) is 11.0 Å². The van der Waals surface area contributed by atoms with E-state index in [1.165, 1.54) is 27.4 Å². The first-order valence-corrected chi connectivity index (χ1v) is 13.2. The number of nitrogens with zero attached hydrogens (tertiary/aromatic N) is 3. The Hall–Kier alpha value is -4.44. The molecule has 4 nitrogen and oxygen atoms in total. The topological polar surface area (TPSA) is 39.9 Å². The molecule has 38 heavy (non-hydrogen) atoms. The van der Waals surface area contributed by atoms with E-state index in [9.17, 15) is 0 Å². The molecule has 0 spiro atoms. The number of pyridine rings is 2. The van der Waals surface area contributed by atoms with Crippen LogP contribution in [0.15, 0.2) is 103 Å². The Morgan fingerprint density at radius 2 is 1.45 bits per heavy atom. The molecule has 3 aromatic carbocycles. The van der Waals surface area contributed by atoms with E-state index in [4.69, 9.17) is 9.72 Å². The first kappa shape index (κ1) is 23.9. The van der Waals surface area contributed by atoms with E-state index in [1.807, 2.05) is 36.5 Å². The summed E-state index contributed by atoms with van der Waals surface area (Å²) in [5.74, 6) is 3.11. The third-order valence-electron chi connectivity index (χ3n) is 7.12. The van der Waals surface area contributed by atoms with Crippen LogP contribution in [0, 0.1) is 0 Å². The van der Waals surface area contributed by atoms with E-state index in [1.54, 1.807) is 6.20 Å². The second kappa shape index (κ2) is 9.79. The molecule has 3 aromatic heterocycles. The first-order valence-electron chi connectivity index (χ1n) is 13.2. The van der Waals surface area contributed by atoms with Gasteiger partial charge >= 0.3 is 0 Å². The Kier molecular flexibility index (Phi) is 6.16. The maximum absolute atomic E-state index is 6.02. The van der Waals surface area contributed by atoms with Crippen molar-refractivity contribution in [3.05, 3.63) is 115 Å². The van der Waals surface area contributed by atoms with Crippen molar-refractivity contribution in [2.75, 3.05) is 0 Å². The van der Waals surface area contributed by atoms with Gasteiger partial charge in [0.15, 0.2) is 0 Å². The van der Waals surface area contributed by atoms with Crippen LogP contribution in [0.5, 0.6) is 11.6 Å². The van der Waals surface area contributed by atoms with Gasteiger partial charge in [0, 0.05) is 29.2 Å². The summed E-state index contributed by atoms with van der Waals surface area (Å²) in [7, 11) is 0. The van der Waals surface area contributed by atoms with Crippen molar-refractivity contribution < 1.29 is 4.74 Å². The number of hydrogen-bond donors (Lipinski definition) is 0.